The summed E-state index contributed by atoms with van der Waals surface area (Å²) in [6.07, 6.45) is 7.72. The summed E-state index contributed by atoms with van der Waals surface area (Å²) in [6.45, 7) is 3.21. The zero-order valence-corrected chi connectivity index (χ0v) is 11.2. The highest BCUT2D eigenvalue weighted by atomic mass is 15.2. The number of hydrogen-bond acceptors (Lipinski definition) is 2. The quantitative estimate of drug-likeness (QED) is 0.865. The fourth-order valence-corrected chi connectivity index (χ4v) is 3.82. The monoisotopic (exact) mass is 244 g/mol. The fourth-order valence-electron chi connectivity index (χ4n) is 3.82. The molecule has 1 aromatic carbocycles. The third-order valence-electron chi connectivity index (χ3n) is 5.01. The van der Waals surface area contributed by atoms with Crippen molar-refractivity contribution >= 4 is 0 Å². The Morgan fingerprint density at radius 2 is 1.56 bits per heavy atom. The van der Waals surface area contributed by atoms with Crippen molar-refractivity contribution in [1.29, 1.82) is 0 Å². The van der Waals surface area contributed by atoms with Crippen LogP contribution in [0.15, 0.2) is 24.3 Å². The molecule has 0 saturated heterocycles. The standard InChI is InChI=1S/C16H24N2/c17-13-16(9-3-4-10-16)18-11-7-14-5-1-2-6-15(14)8-12-18/h1-2,5-6H,3-4,7-13,17H2. The lowest BCUT2D eigenvalue weighted by molar-refractivity contribution is 0.104. The van der Waals surface area contributed by atoms with Crippen LogP contribution in [0, 0.1) is 0 Å². The van der Waals surface area contributed by atoms with Crippen LogP contribution in [0.2, 0.25) is 0 Å². The van der Waals surface area contributed by atoms with Gasteiger partial charge in [0.25, 0.3) is 0 Å². The maximum atomic E-state index is 6.11. The first kappa shape index (κ1) is 12.2. The topological polar surface area (TPSA) is 29.3 Å². The summed E-state index contributed by atoms with van der Waals surface area (Å²) in [5, 5.41) is 0. The van der Waals surface area contributed by atoms with Gasteiger partial charge in [-0.25, -0.2) is 0 Å². The van der Waals surface area contributed by atoms with Crippen molar-refractivity contribution < 1.29 is 0 Å². The Bertz CT molecular complexity index is 380. The van der Waals surface area contributed by atoms with E-state index in [4.69, 9.17) is 5.73 Å². The predicted octanol–water partition coefficient (Wildman–Crippen LogP) is 2.36. The number of rotatable bonds is 2. The summed E-state index contributed by atoms with van der Waals surface area (Å²) in [7, 11) is 0. The van der Waals surface area contributed by atoms with Gasteiger partial charge in [0.1, 0.15) is 0 Å². The van der Waals surface area contributed by atoms with Crippen molar-refractivity contribution in [3.05, 3.63) is 35.4 Å². The van der Waals surface area contributed by atoms with Crippen LogP contribution in [-0.2, 0) is 12.8 Å². The molecule has 0 amide bonds. The fraction of sp³-hybridized carbons (Fsp3) is 0.625. The molecule has 0 unspecified atom stereocenters. The van der Waals surface area contributed by atoms with Gasteiger partial charge in [0.2, 0.25) is 0 Å². The van der Waals surface area contributed by atoms with Gasteiger partial charge < -0.3 is 5.73 Å². The van der Waals surface area contributed by atoms with Gasteiger partial charge in [-0.1, -0.05) is 37.1 Å². The normalized spacial score (nSPS) is 23.6. The molecule has 2 nitrogen and oxygen atoms in total. The molecular weight excluding hydrogens is 220 g/mol. The minimum absolute atomic E-state index is 0.321. The highest BCUT2D eigenvalue weighted by molar-refractivity contribution is 5.29. The van der Waals surface area contributed by atoms with Gasteiger partial charge in [0.15, 0.2) is 0 Å². The molecule has 0 bridgehead atoms. The first-order valence-electron chi connectivity index (χ1n) is 7.36. The molecule has 3 rings (SSSR count). The molecule has 0 spiro atoms. The molecule has 2 N–H and O–H groups in total. The van der Waals surface area contributed by atoms with Crippen molar-refractivity contribution in [1.82, 2.24) is 4.90 Å². The molecule has 1 fully saturated rings. The van der Waals surface area contributed by atoms with Crippen molar-refractivity contribution in [3.63, 3.8) is 0 Å². The molecule has 1 heterocycles. The maximum Gasteiger partial charge on any atom is 0.0332 e. The van der Waals surface area contributed by atoms with Gasteiger partial charge in [-0.15, -0.1) is 0 Å². The van der Waals surface area contributed by atoms with E-state index in [0.29, 0.717) is 5.54 Å². The van der Waals surface area contributed by atoms with E-state index in [-0.39, 0.29) is 0 Å². The Morgan fingerprint density at radius 3 is 2.06 bits per heavy atom. The predicted molar refractivity (Wildman–Crippen MR) is 75.7 cm³/mol. The van der Waals surface area contributed by atoms with E-state index in [1.807, 2.05) is 0 Å². The summed E-state index contributed by atoms with van der Waals surface area (Å²) in [5.41, 5.74) is 9.53. The van der Waals surface area contributed by atoms with E-state index in [1.54, 1.807) is 11.1 Å². The molecule has 2 aliphatic rings. The SMILES string of the molecule is NCC1(N2CCc3ccccc3CC2)CCCC1. The Labute approximate surface area is 110 Å². The Kier molecular flexibility index (Phi) is 3.40. The van der Waals surface area contributed by atoms with E-state index in [1.165, 1.54) is 51.6 Å². The van der Waals surface area contributed by atoms with Gasteiger partial charge in [-0.05, 0) is 36.8 Å². The highest BCUT2D eigenvalue weighted by Crippen LogP contribution is 2.35. The van der Waals surface area contributed by atoms with Crippen LogP contribution in [0.5, 0.6) is 0 Å². The van der Waals surface area contributed by atoms with Crippen LogP contribution in [0.1, 0.15) is 36.8 Å². The van der Waals surface area contributed by atoms with Crippen LogP contribution in [0.4, 0.5) is 0 Å². The largest absolute Gasteiger partial charge is 0.329 e. The van der Waals surface area contributed by atoms with Crippen molar-refractivity contribution in [2.45, 2.75) is 44.1 Å². The second-order valence-corrected chi connectivity index (χ2v) is 5.89. The average molecular weight is 244 g/mol. The zero-order chi connectivity index (χ0) is 12.4. The lowest BCUT2D eigenvalue weighted by atomic mass is 9.94. The molecule has 0 radical (unpaired) electrons. The summed E-state index contributed by atoms with van der Waals surface area (Å²) in [6, 6.07) is 8.93. The molecule has 18 heavy (non-hydrogen) atoms. The van der Waals surface area contributed by atoms with E-state index in [0.717, 1.165) is 6.54 Å². The number of hydrogen-bond donors (Lipinski definition) is 1. The number of nitrogens with zero attached hydrogens (tertiary/aromatic N) is 1. The summed E-state index contributed by atoms with van der Waals surface area (Å²) < 4.78 is 0. The van der Waals surface area contributed by atoms with E-state index in [2.05, 4.69) is 29.2 Å². The van der Waals surface area contributed by atoms with Crippen molar-refractivity contribution in [3.8, 4) is 0 Å². The van der Waals surface area contributed by atoms with Crippen LogP contribution in [0.3, 0.4) is 0 Å². The molecular formula is C16H24N2. The van der Waals surface area contributed by atoms with Crippen LogP contribution in [-0.4, -0.2) is 30.1 Å². The van der Waals surface area contributed by atoms with Crippen LogP contribution < -0.4 is 5.73 Å². The summed E-state index contributed by atoms with van der Waals surface area (Å²) in [4.78, 5) is 2.69. The number of fused-ring (bicyclic) bond motifs is 1. The molecule has 1 aliphatic carbocycles. The smallest absolute Gasteiger partial charge is 0.0332 e. The third-order valence-corrected chi connectivity index (χ3v) is 5.01. The minimum Gasteiger partial charge on any atom is -0.329 e. The van der Waals surface area contributed by atoms with E-state index >= 15 is 0 Å². The molecule has 0 aromatic heterocycles. The highest BCUT2D eigenvalue weighted by Gasteiger charge is 2.38. The van der Waals surface area contributed by atoms with Gasteiger partial charge >= 0.3 is 0 Å². The molecule has 1 saturated carbocycles. The molecule has 2 heteroatoms. The second-order valence-electron chi connectivity index (χ2n) is 5.89. The summed E-state index contributed by atoms with van der Waals surface area (Å²) >= 11 is 0. The first-order valence-corrected chi connectivity index (χ1v) is 7.36. The van der Waals surface area contributed by atoms with Gasteiger partial charge in [-0.3, -0.25) is 4.90 Å². The molecule has 0 atom stereocenters. The Balaban J connectivity index is 1.78. The molecule has 1 aliphatic heterocycles. The van der Waals surface area contributed by atoms with Crippen molar-refractivity contribution in [2.75, 3.05) is 19.6 Å². The number of benzene rings is 1. The second kappa shape index (κ2) is 5.02. The van der Waals surface area contributed by atoms with Gasteiger partial charge in [0.05, 0.1) is 0 Å². The van der Waals surface area contributed by atoms with Crippen molar-refractivity contribution in [2.24, 2.45) is 5.73 Å². The first-order chi connectivity index (χ1) is 8.84. The molecule has 1 aromatic rings. The maximum absolute atomic E-state index is 6.11. The average Bonchev–Trinajstić information content (AvgIpc) is 2.80. The van der Waals surface area contributed by atoms with Crippen LogP contribution in [0.25, 0.3) is 0 Å². The Hall–Kier alpha value is -0.860. The summed E-state index contributed by atoms with van der Waals surface area (Å²) in [5.74, 6) is 0. The lowest BCUT2D eigenvalue weighted by Gasteiger charge is -2.40. The zero-order valence-electron chi connectivity index (χ0n) is 11.2. The van der Waals surface area contributed by atoms with Gasteiger partial charge in [-0.2, -0.15) is 0 Å². The third kappa shape index (κ3) is 2.08. The Morgan fingerprint density at radius 1 is 1.00 bits per heavy atom. The number of nitrogens with two attached hydrogens (primary N) is 1. The van der Waals surface area contributed by atoms with Gasteiger partial charge in [0, 0.05) is 25.2 Å². The van der Waals surface area contributed by atoms with E-state index < -0.39 is 0 Å². The van der Waals surface area contributed by atoms with E-state index in [9.17, 15) is 0 Å². The lowest BCUT2D eigenvalue weighted by Crippen LogP contribution is -2.52. The minimum atomic E-state index is 0.321. The molecule has 98 valence electrons. The van der Waals surface area contributed by atoms with Crippen LogP contribution >= 0.6 is 0 Å².